The van der Waals surface area contributed by atoms with Crippen LogP contribution in [0.15, 0.2) is 78.9 Å². The van der Waals surface area contributed by atoms with E-state index in [1.165, 1.54) is 0 Å². The average molecular weight is 331 g/mol. The minimum absolute atomic E-state index is 0.303. The number of anilines is 3. The Labute approximate surface area is 145 Å². The van der Waals surface area contributed by atoms with Crippen molar-refractivity contribution in [3.63, 3.8) is 0 Å². The molecule has 0 aliphatic carbocycles. The van der Waals surface area contributed by atoms with Crippen LogP contribution in [0.2, 0.25) is 0 Å². The lowest BCUT2D eigenvalue weighted by Crippen LogP contribution is -2.19. The van der Waals surface area contributed by atoms with E-state index >= 15 is 0 Å². The van der Waals surface area contributed by atoms with Crippen LogP contribution in [-0.4, -0.2) is 11.8 Å². The van der Waals surface area contributed by atoms with Crippen molar-refractivity contribution in [3.05, 3.63) is 90.0 Å². The highest BCUT2D eigenvalue weighted by atomic mass is 16.2. The van der Waals surface area contributed by atoms with Gasteiger partial charge in [0.05, 0.1) is 16.8 Å². The lowest BCUT2D eigenvalue weighted by Gasteiger charge is -2.12. The maximum atomic E-state index is 12.5. The van der Waals surface area contributed by atoms with Crippen LogP contribution in [0.1, 0.15) is 20.7 Å². The normalized spacial score (nSPS) is 10.1. The Balaban J connectivity index is 1.82. The average Bonchev–Trinajstić information content (AvgIpc) is 2.63. The first-order valence-electron chi connectivity index (χ1n) is 7.76. The molecule has 3 aromatic carbocycles. The molecular weight excluding hydrogens is 314 g/mol. The van der Waals surface area contributed by atoms with Crippen LogP contribution in [0, 0.1) is 0 Å². The summed E-state index contributed by atoms with van der Waals surface area (Å²) in [7, 11) is 0. The fraction of sp³-hybridized carbons (Fsp3) is 0. The van der Waals surface area contributed by atoms with Crippen LogP contribution in [0.25, 0.3) is 0 Å². The van der Waals surface area contributed by atoms with Crippen molar-refractivity contribution in [1.29, 1.82) is 0 Å². The Bertz CT molecular complexity index is 908. The third kappa shape index (κ3) is 3.84. The van der Waals surface area contributed by atoms with Gasteiger partial charge in [0, 0.05) is 11.4 Å². The first-order valence-corrected chi connectivity index (χ1v) is 7.76. The molecule has 0 heterocycles. The van der Waals surface area contributed by atoms with Crippen LogP contribution in [0.3, 0.4) is 0 Å². The van der Waals surface area contributed by atoms with Crippen LogP contribution in [-0.2, 0) is 0 Å². The van der Waals surface area contributed by atoms with E-state index in [0.29, 0.717) is 28.2 Å². The van der Waals surface area contributed by atoms with E-state index in [2.05, 4.69) is 10.6 Å². The number of carbonyl (C=O) groups excluding carboxylic acids is 2. The van der Waals surface area contributed by atoms with Gasteiger partial charge in [0.2, 0.25) is 0 Å². The van der Waals surface area contributed by atoms with Gasteiger partial charge in [0.15, 0.2) is 0 Å². The molecule has 0 saturated heterocycles. The second-order valence-corrected chi connectivity index (χ2v) is 5.41. The zero-order chi connectivity index (χ0) is 17.6. The molecule has 5 nitrogen and oxygen atoms in total. The van der Waals surface area contributed by atoms with Gasteiger partial charge in [0.25, 0.3) is 11.8 Å². The number of hydrogen-bond donors (Lipinski definition) is 3. The topological polar surface area (TPSA) is 84.2 Å². The minimum Gasteiger partial charge on any atom is -0.398 e. The number of nitrogen functional groups attached to an aromatic ring is 1. The van der Waals surface area contributed by atoms with Gasteiger partial charge in [-0.2, -0.15) is 0 Å². The number of nitrogens with one attached hydrogen (secondary N) is 2. The molecule has 25 heavy (non-hydrogen) atoms. The zero-order valence-electron chi connectivity index (χ0n) is 13.4. The molecule has 2 amide bonds. The molecule has 0 spiro atoms. The standard InChI is InChI=1S/C20H17N3O2/c21-17-12-6-4-10-15(17)19(24)23-18-13-7-5-11-16(18)20(25)22-14-8-2-1-3-9-14/h1-13H,21H2,(H,22,25)(H,23,24). The van der Waals surface area contributed by atoms with Gasteiger partial charge >= 0.3 is 0 Å². The highest BCUT2D eigenvalue weighted by molar-refractivity contribution is 6.13. The summed E-state index contributed by atoms with van der Waals surface area (Å²) in [6.45, 7) is 0. The molecule has 0 atom stereocenters. The highest BCUT2D eigenvalue weighted by Gasteiger charge is 2.15. The Kier molecular flexibility index (Phi) is 4.76. The van der Waals surface area contributed by atoms with Crippen molar-refractivity contribution in [3.8, 4) is 0 Å². The second kappa shape index (κ2) is 7.31. The van der Waals surface area contributed by atoms with Crippen LogP contribution in [0.5, 0.6) is 0 Å². The van der Waals surface area contributed by atoms with E-state index in [9.17, 15) is 9.59 Å². The lowest BCUT2D eigenvalue weighted by molar-refractivity contribution is 0.102. The molecule has 0 saturated carbocycles. The summed E-state index contributed by atoms with van der Waals surface area (Å²) in [5.41, 5.74) is 8.05. The number of carbonyl (C=O) groups is 2. The Morgan fingerprint density at radius 2 is 1.20 bits per heavy atom. The summed E-state index contributed by atoms with van der Waals surface area (Å²) in [5, 5.41) is 5.56. The van der Waals surface area contributed by atoms with Gasteiger partial charge in [0.1, 0.15) is 0 Å². The first kappa shape index (κ1) is 16.3. The van der Waals surface area contributed by atoms with Crippen molar-refractivity contribution in [2.75, 3.05) is 16.4 Å². The second-order valence-electron chi connectivity index (χ2n) is 5.41. The van der Waals surface area contributed by atoms with E-state index in [1.54, 1.807) is 60.7 Å². The SMILES string of the molecule is Nc1ccccc1C(=O)Nc1ccccc1C(=O)Nc1ccccc1. The summed E-state index contributed by atoms with van der Waals surface area (Å²) in [6, 6.07) is 22.7. The third-order valence-electron chi connectivity index (χ3n) is 3.66. The van der Waals surface area contributed by atoms with Gasteiger partial charge in [-0.3, -0.25) is 9.59 Å². The predicted octanol–water partition coefficient (Wildman–Crippen LogP) is 3.77. The maximum Gasteiger partial charge on any atom is 0.257 e. The van der Waals surface area contributed by atoms with Crippen molar-refractivity contribution in [2.45, 2.75) is 0 Å². The van der Waals surface area contributed by atoms with Gasteiger partial charge in [-0.15, -0.1) is 0 Å². The van der Waals surface area contributed by atoms with Crippen molar-refractivity contribution < 1.29 is 9.59 Å². The molecule has 3 aromatic rings. The minimum atomic E-state index is -0.363. The Morgan fingerprint density at radius 3 is 1.92 bits per heavy atom. The first-order chi connectivity index (χ1) is 12.1. The number of benzene rings is 3. The molecule has 5 heteroatoms. The van der Waals surface area contributed by atoms with E-state index < -0.39 is 0 Å². The summed E-state index contributed by atoms with van der Waals surface area (Å²) >= 11 is 0. The van der Waals surface area contributed by atoms with Crippen LogP contribution in [0.4, 0.5) is 17.1 Å². The van der Waals surface area contributed by atoms with Gasteiger partial charge in [-0.25, -0.2) is 0 Å². The molecular formula is C20H17N3O2. The summed E-state index contributed by atoms with van der Waals surface area (Å²) < 4.78 is 0. The fourth-order valence-electron chi connectivity index (χ4n) is 2.40. The van der Waals surface area contributed by atoms with E-state index in [0.717, 1.165) is 0 Å². The zero-order valence-corrected chi connectivity index (χ0v) is 13.4. The van der Waals surface area contributed by atoms with E-state index in [-0.39, 0.29) is 11.8 Å². The molecule has 3 rings (SSSR count). The fourth-order valence-corrected chi connectivity index (χ4v) is 2.40. The van der Waals surface area contributed by atoms with E-state index in [4.69, 9.17) is 5.73 Å². The largest absolute Gasteiger partial charge is 0.398 e. The van der Waals surface area contributed by atoms with Crippen LogP contribution < -0.4 is 16.4 Å². The summed E-state index contributed by atoms with van der Waals surface area (Å²) in [5.74, 6) is -0.666. The number of para-hydroxylation sites is 3. The lowest BCUT2D eigenvalue weighted by atomic mass is 10.1. The molecule has 0 aliphatic rings. The molecule has 0 aliphatic heterocycles. The number of amides is 2. The molecule has 0 aromatic heterocycles. The van der Waals surface area contributed by atoms with Crippen LogP contribution >= 0.6 is 0 Å². The molecule has 0 unspecified atom stereocenters. The quantitative estimate of drug-likeness (QED) is 0.636. The molecule has 4 N–H and O–H groups in total. The summed E-state index contributed by atoms with van der Waals surface area (Å²) in [6.07, 6.45) is 0. The number of rotatable bonds is 4. The van der Waals surface area contributed by atoms with Gasteiger partial charge in [-0.05, 0) is 36.4 Å². The summed E-state index contributed by atoms with van der Waals surface area (Å²) in [4.78, 5) is 25.0. The number of nitrogens with two attached hydrogens (primary N) is 1. The highest BCUT2D eigenvalue weighted by Crippen LogP contribution is 2.20. The Hall–Kier alpha value is -3.60. The smallest absolute Gasteiger partial charge is 0.257 e. The maximum absolute atomic E-state index is 12.5. The molecule has 0 bridgehead atoms. The van der Waals surface area contributed by atoms with Gasteiger partial charge < -0.3 is 16.4 Å². The molecule has 0 fully saturated rings. The molecule has 0 radical (unpaired) electrons. The van der Waals surface area contributed by atoms with Crippen molar-refractivity contribution >= 4 is 28.9 Å². The monoisotopic (exact) mass is 331 g/mol. The van der Waals surface area contributed by atoms with Crippen molar-refractivity contribution in [1.82, 2.24) is 0 Å². The van der Waals surface area contributed by atoms with Crippen molar-refractivity contribution in [2.24, 2.45) is 0 Å². The number of hydrogen-bond acceptors (Lipinski definition) is 3. The van der Waals surface area contributed by atoms with Gasteiger partial charge in [-0.1, -0.05) is 42.5 Å². The van der Waals surface area contributed by atoms with E-state index in [1.807, 2.05) is 18.2 Å². The Morgan fingerprint density at radius 1 is 0.640 bits per heavy atom. The predicted molar refractivity (Wildman–Crippen MR) is 99.6 cm³/mol. The molecule has 124 valence electrons. The third-order valence-corrected chi connectivity index (χ3v) is 3.66.